The van der Waals surface area contributed by atoms with Crippen LogP contribution in [0.3, 0.4) is 0 Å². The number of hydrogen-bond donors (Lipinski definition) is 2. The van der Waals surface area contributed by atoms with E-state index in [9.17, 15) is 4.79 Å². The Morgan fingerprint density at radius 1 is 1.26 bits per heavy atom. The molecular weight excluding hydrogens is 352 g/mol. The van der Waals surface area contributed by atoms with Crippen LogP contribution in [0.1, 0.15) is 50.5 Å². The maximum absolute atomic E-state index is 12.4. The van der Waals surface area contributed by atoms with Crippen molar-refractivity contribution in [3.8, 4) is 0 Å². The third-order valence-electron chi connectivity index (χ3n) is 5.96. The SMILES string of the molecule is O=C(CC1CC2CCC(C1)N2)NCC1(c2cccc(Br)c2)CC1. The largest absolute Gasteiger partial charge is 0.355 e. The second-order valence-corrected chi connectivity index (χ2v) is 8.66. The maximum atomic E-state index is 12.4. The van der Waals surface area contributed by atoms with Crippen molar-refractivity contribution in [3.63, 3.8) is 0 Å². The lowest BCUT2D eigenvalue weighted by molar-refractivity contribution is -0.122. The average Bonchev–Trinajstić information content (AvgIpc) is 3.25. The Bertz CT molecular complexity index is 587. The van der Waals surface area contributed by atoms with E-state index in [2.05, 4.69) is 50.8 Å². The molecule has 2 saturated heterocycles. The van der Waals surface area contributed by atoms with Gasteiger partial charge in [-0.2, -0.15) is 0 Å². The second-order valence-electron chi connectivity index (χ2n) is 7.75. The number of fused-ring (bicyclic) bond motifs is 2. The zero-order valence-corrected chi connectivity index (χ0v) is 15.1. The van der Waals surface area contributed by atoms with Crippen LogP contribution in [0.25, 0.3) is 0 Å². The Labute approximate surface area is 146 Å². The van der Waals surface area contributed by atoms with Crippen LogP contribution >= 0.6 is 15.9 Å². The molecule has 2 unspecified atom stereocenters. The van der Waals surface area contributed by atoms with Crippen LogP contribution < -0.4 is 10.6 Å². The third kappa shape index (κ3) is 3.48. The normalized spacial score (nSPS) is 30.9. The molecule has 2 aliphatic heterocycles. The molecule has 2 bridgehead atoms. The predicted octanol–water partition coefficient (Wildman–Crippen LogP) is 3.52. The molecule has 124 valence electrons. The van der Waals surface area contributed by atoms with Gasteiger partial charge in [-0.15, -0.1) is 0 Å². The zero-order valence-electron chi connectivity index (χ0n) is 13.5. The third-order valence-corrected chi connectivity index (χ3v) is 6.45. The first-order valence-corrected chi connectivity index (χ1v) is 9.71. The Morgan fingerprint density at radius 3 is 2.65 bits per heavy atom. The first-order valence-electron chi connectivity index (χ1n) is 8.92. The van der Waals surface area contributed by atoms with Gasteiger partial charge in [0.05, 0.1) is 0 Å². The summed E-state index contributed by atoms with van der Waals surface area (Å²) in [5, 5.41) is 6.88. The minimum Gasteiger partial charge on any atom is -0.355 e. The quantitative estimate of drug-likeness (QED) is 0.825. The van der Waals surface area contributed by atoms with Gasteiger partial charge in [0.15, 0.2) is 0 Å². The highest BCUT2D eigenvalue weighted by Gasteiger charge is 2.44. The lowest BCUT2D eigenvalue weighted by Gasteiger charge is -2.28. The van der Waals surface area contributed by atoms with E-state index in [0.29, 0.717) is 24.4 Å². The molecule has 1 aliphatic carbocycles. The molecule has 1 amide bonds. The minimum atomic E-state index is 0.187. The molecule has 2 atom stereocenters. The topological polar surface area (TPSA) is 41.1 Å². The number of amides is 1. The molecule has 0 radical (unpaired) electrons. The van der Waals surface area contributed by atoms with Crippen molar-refractivity contribution in [2.45, 2.75) is 62.4 Å². The number of piperidine rings is 1. The predicted molar refractivity (Wildman–Crippen MR) is 95.4 cm³/mol. The molecule has 2 N–H and O–H groups in total. The summed E-state index contributed by atoms with van der Waals surface area (Å²) >= 11 is 3.55. The summed E-state index contributed by atoms with van der Waals surface area (Å²) in [4.78, 5) is 12.4. The lowest BCUT2D eigenvalue weighted by Crippen LogP contribution is -2.40. The van der Waals surface area contributed by atoms with Gasteiger partial charge in [-0.1, -0.05) is 28.1 Å². The molecule has 1 saturated carbocycles. The number of benzene rings is 1. The Morgan fingerprint density at radius 2 is 2.00 bits per heavy atom. The van der Waals surface area contributed by atoms with Crippen molar-refractivity contribution in [1.29, 1.82) is 0 Å². The molecular formula is C19H25BrN2O. The van der Waals surface area contributed by atoms with Crippen molar-refractivity contribution < 1.29 is 4.79 Å². The molecule has 3 nitrogen and oxygen atoms in total. The smallest absolute Gasteiger partial charge is 0.220 e. The number of carbonyl (C=O) groups is 1. The molecule has 4 rings (SSSR count). The van der Waals surface area contributed by atoms with Gasteiger partial charge in [-0.3, -0.25) is 4.79 Å². The summed E-state index contributed by atoms with van der Waals surface area (Å²) in [5.41, 5.74) is 1.54. The van der Waals surface area contributed by atoms with Gasteiger partial charge in [0.1, 0.15) is 0 Å². The van der Waals surface area contributed by atoms with E-state index in [0.717, 1.165) is 11.0 Å². The molecule has 3 fully saturated rings. The monoisotopic (exact) mass is 376 g/mol. The summed E-state index contributed by atoms with van der Waals surface area (Å²) < 4.78 is 1.12. The number of hydrogen-bond acceptors (Lipinski definition) is 2. The molecule has 1 aromatic rings. The van der Waals surface area contributed by atoms with E-state index in [1.165, 1.54) is 44.1 Å². The minimum absolute atomic E-state index is 0.187. The number of rotatable bonds is 5. The molecule has 23 heavy (non-hydrogen) atoms. The van der Waals surface area contributed by atoms with Crippen LogP contribution in [0, 0.1) is 5.92 Å². The van der Waals surface area contributed by atoms with Gasteiger partial charge in [-0.05, 0) is 62.1 Å². The van der Waals surface area contributed by atoms with E-state index >= 15 is 0 Å². The van der Waals surface area contributed by atoms with E-state index in [1.807, 2.05) is 0 Å². The van der Waals surface area contributed by atoms with Gasteiger partial charge < -0.3 is 10.6 Å². The number of nitrogens with one attached hydrogen (secondary N) is 2. The van der Waals surface area contributed by atoms with Gasteiger partial charge in [0.2, 0.25) is 5.91 Å². The standard InChI is InChI=1S/C19H25BrN2O/c20-15-3-1-2-14(11-15)19(6-7-19)12-21-18(23)10-13-8-16-4-5-17(9-13)22-16/h1-3,11,13,16-17,22H,4-10,12H2,(H,21,23). The number of halogens is 1. The number of carbonyl (C=O) groups excluding carboxylic acids is 1. The van der Waals surface area contributed by atoms with Crippen molar-refractivity contribution in [2.75, 3.05) is 6.54 Å². The average molecular weight is 377 g/mol. The highest BCUT2D eigenvalue weighted by molar-refractivity contribution is 9.10. The lowest BCUT2D eigenvalue weighted by atomic mass is 9.89. The van der Waals surface area contributed by atoms with Crippen molar-refractivity contribution >= 4 is 21.8 Å². The first-order chi connectivity index (χ1) is 11.1. The van der Waals surface area contributed by atoms with E-state index < -0.39 is 0 Å². The van der Waals surface area contributed by atoms with Crippen LogP contribution in [0.4, 0.5) is 0 Å². The van der Waals surface area contributed by atoms with Gasteiger partial charge in [0, 0.05) is 34.9 Å². The second kappa shape index (κ2) is 6.21. The van der Waals surface area contributed by atoms with Crippen LogP contribution in [0.15, 0.2) is 28.7 Å². The maximum Gasteiger partial charge on any atom is 0.220 e. The summed E-state index contributed by atoms with van der Waals surface area (Å²) in [6.07, 6.45) is 8.04. The Hall–Kier alpha value is -0.870. The summed E-state index contributed by atoms with van der Waals surface area (Å²) in [5.74, 6) is 0.826. The van der Waals surface area contributed by atoms with Crippen LogP contribution in [-0.4, -0.2) is 24.5 Å². The summed E-state index contributed by atoms with van der Waals surface area (Å²) in [7, 11) is 0. The van der Waals surface area contributed by atoms with E-state index in [1.54, 1.807) is 0 Å². The van der Waals surface area contributed by atoms with Crippen molar-refractivity contribution in [3.05, 3.63) is 34.3 Å². The Kier molecular flexibility index (Phi) is 4.22. The zero-order chi connectivity index (χ0) is 15.9. The Balaban J connectivity index is 1.30. The van der Waals surface area contributed by atoms with Gasteiger partial charge in [-0.25, -0.2) is 0 Å². The van der Waals surface area contributed by atoms with Gasteiger partial charge >= 0.3 is 0 Å². The fourth-order valence-electron chi connectivity index (χ4n) is 4.48. The fourth-order valence-corrected chi connectivity index (χ4v) is 4.88. The van der Waals surface area contributed by atoms with Crippen LogP contribution in [0.2, 0.25) is 0 Å². The summed E-state index contributed by atoms with van der Waals surface area (Å²) in [6, 6.07) is 9.87. The van der Waals surface area contributed by atoms with Gasteiger partial charge in [0.25, 0.3) is 0 Å². The molecule has 0 spiro atoms. The highest BCUT2D eigenvalue weighted by atomic mass is 79.9. The van der Waals surface area contributed by atoms with E-state index in [4.69, 9.17) is 0 Å². The van der Waals surface area contributed by atoms with E-state index in [-0.39, 0.29) is 11.3 Å². The molecule has 1 aromatic carbocycles. The molecule has 0 aromatic heterocycles. The first kappa shape index (κ1) is 15.6. The summed E-state index contributed by atoms with van der Waals surface area (Å²) in [6.45, 7) is 0.792. The van der Waals surface area contributed by atoms with Crippen LogP contribution in [0.5, 0.6) is 0 Å². The van der Waals surface area contributed by atoms with Crippen molar-refractivity contribution in [1.82, 2.24) is 10.6 Å². The molecule has 3 aliphatic rings. The fraction of sp³-hybridized carbons (Fsp3) is 0.632. The van der Waals surface area contributed by atoms with Crippen molar-refractivity contribution in [2.24, 2.45) is 5.92 Å². The molecule has 2 heterocycles. The molecule has 4 heteroatoms. The highest BCUT2D eigenvalue weighted by Crippen LogP contribution is 2.48. The van der Waals surface area contributed by atoms with Crippen LogP contribution in [-0.2, 0) is 10.2 Å².